The molecule has 1 aliphatic heterocycles. The van der Waals surface area contributed by atoms with Crippen molar-refractivity contribution < 1.29 is 45.2 Å². The molecule has 0 radical (unpaired) electrons. The van der Waals surface area contributed by atoms with Crippen LogP contribution in [0.15, 0.2) is 0 Å². The van der Waals surface area contributed by atoms with Crippen LogP contribution in [0.4, 0.5) is 0 Å². The molecule has 0 aromatic carbocycles. The fourth-order valence-electron chi connectivity index (χ4n) is 9.56. The Morgan fingerprint density at radius 3 is 2.37 bits per heavy atom. The Bertz CT molecular complexity index is 795. The van der Waals surface area contributed by atoms with Gasteiger partial charge in [-0.05, 0) is 73.0 Å². The first kappa shape index (κ1) is 26.3. The summed E-state index contributed by atoms with van der Waals surface area (Å²) in [4.78, 5) is 0. The van der Waals surface area contributed by atoms with E-state index in [2.05, 4.69) is 13.8 Å². The SMILES string of the molecule is CC1(COC2OC(CO)C(O)C(O)C2O)CCCC2(C)C1CCC13CC(C(O)CC12)C(O)(CO)C3. The minimum absolute atomic E-state index is 0.0589. The van der Waals surface area contributed by atoms with Gasteiger partial charge in [-0.25, -0.2) is 0 Å². The van der Waals surface area contributed by atoms with Crippen LogP contribution in [0.3, 0.4) is 0 Å². The molecule has 13 unspecified atom stereocenters. The van der Waals surface area contributed by atoms with Gasteiger partial charge in [-0.1, -0.05) is 20.3 Å². The van der Waals surface area contributed by atoms with Gasteiger partial charge in [0.25, 0.3) is 0 Å². The Hall–Kier alpha value is -0.360. The van der Waals surface area contributed by atoms with Crippen LogP contribution in [-0.4, -0.2) is 98.0 Å². The van der Waals surface area contributed by atoms with E-state index in [4.69, 9.17) is 9.47 Å². The number of hydrogen-bond donors (Lipinski definition) is 7. The molecule has 1 heterocycles. The molecule has 2 bridgehead atoms. The summed E-state index contributed by atoms with van der Waals surface area (Å²) in [5.41, 5.74) is -1.55. The Balaban J connectivity index is 1.36. The molecule has 0 amide bonds. The first-order valence-corrected chi connectivity index (χ1v) is 13.4. The molecule has 5 rings (SSSR count). The largest absolute Gasteiger partial charge is 0.394 e. The molecule has 1 saturated heterocycles. The van der Waals surface area contributed by atoms with Gasteiger partial charge in [0.15, 0.2) is 6.29 Å². The maximum absolute atomic E-state index is 11.2. The normalized spacial score (nSPS) is 58.0. The van der Waals surface area contributed by atoms with Crippen LogP contribution in [0.25, 0.3) is 0 Å². The third-order valence-electron chi connectivity index (χ3n) is 11.2. The summed E-state index contributed by atoms with van der Waals surface area (Å²) in [6.07, 6.45) is -0.226. The van der Waals surface area contributed by atoms with Gasteiger partial charge in [-0.2, -0.15) is 0 Å². The van der Waals surface area contributed by atoms with E-state index in [1.54, 1.807) is 0 Å². The van der Waals surface area contributed by atoms with Gasteiger partial charge in [0.1, 0.15) is 24.4 Å². The smallest absolute Gasteiger partial charge is 0.186 e. The summed E-state index contributed by atoms with van der Waals surface area (Å²) >= 11 is 0. The molecule has 9 nitrogen and oxygen atoms in total. The molecule has 0 aromatic heterocycles. The minimum atomic E-state index is -1.46. The molecule has 5 aliphatic rings. The minimum Gasteiger partial charge on any atom is -0.394 e. The topological polar surface area (TPSA) is 160 Å². The van der Waals surface area contributed by atoms with Gasteiger partial charge in [-0.15, -0.1) is 0 Å². The van der Waals surface area contributed by atoms with Crippen molar-refractivity contribution in [2.45, 2.75) is 108 Å². The van der Waals surface area contributed by atoms with Crippen molar-refractivity contribution in [3.63, 3.8) is 0 Å². The molecule has 0 aromatic rings. The predicted octanol–water partition coefficient (Wildman–Crippen LogP) is -0.0900. The maximum atomic E-state index is 11.2. The van der Waals surface area contributed by atoms with Gasteiger partial charge < -0.3 is 45.2 Å². The van der Waals surface area contributed by atoms with E-state index < -0.39 is 49.0 Å². The molecule has 13 atom stereocenters. The molecule has 35 heavy (non-hydrogen) atoms. The molecule has 202 valence electrons. The van der Waals surface area contributed by atoms with E-state index in [0.717, 1.165) is 38.5 Å². The molecule has 7 N–H and O–H groups in total. The Labute approximate surface area is 207 Å². The highest BCUT2D eigenvalue weighted by Crippen LogP contribution is 2.72. The van der Waals surface area contributed by atoms with Crippen LogP contribution in [0.2, 0.25) is 0 Å². The Morgan fingerprint density at radius 2 is 1.69 bits per heavy atom. The lowest BCUT2D eigenvalue weighted by Crippen LogP contribution is -2.61. The Morgan fingerprint density at radius 1 is 0.943 bits per heavy atom. The lowest BCUT2D eigenvalue weighted by molar-refractivity contribution is -0.310. The van der Waals surface area contributed by atoms with Gasteiger partial charge >= 0.3 is 0 Å². The van der Waals surface area contributed by atoms with Crippen molar-refractivity contribution in [3.05, 3.63) is 0 Å². The quantitative estimate of drug-likeness (QED) is 0.274. The van der Waals surface area contributed by atoms with Crippen molar-refractivity contribution in [3.8, 4) is 0 Å². The molecule has 9 heteroatoms. The molecule has 4 aliphatic carbocycles. The first-order valence-electron chi connectivity index (χ1n) is 13.4. The number of aliphatic hydroxyl groups excluding tert-OH is 6. The van der Waals surface area contributed by atoms with Crippen LogP contribution in [0.1, 0.15) is 65.2 Å². The average molecular weight is 501 g/mol. The second-order valence-electron chi connectivity index (χ2n) is 13.1. The second kappa shape index (κ2) is 8.85. The number of rotatable bonds is 5. The highest BCUT2D eigenvalue weighted by Gasteiger charge is 2.69. The third-order valence-corrected chi connectivity index (χ3v) is 11.2. The Kier molecular flexibility index (Phi) is 6.64. The molecule has 5 fully saturated rings. The maximum Gasteiger partial charge on any atom is 0.186 e. The summed E-state index contributed by atoms with van der Waals surface area (Å²) in [6.45, 7) is 4.04. The third kappa shape index (κ3) is 3.84. The lowest BCUT2D eigenvalue weighted by Gasteiger charge is -2.64. The number of aliphatic hydroxyl groups is 7. The first-order chi connectivity index (χ1) is 16.4. The fraction of sp³-hybridized carbons (Fsp3) is 1.00. The van der Waals surface area contributed by atoms with Crippen molar-refractivity contribution >= 4 is 0 Å². The van der Waals surface area contributed by atoms with Crippen molar-refractivity contribution in [1.29, 1.82) is 0 Å². The van der Waals surface area contributed by atoms with Crippen LogP contribution in [0.5, 0.6) is 0 Å². The molecular weight excluding hydrogens is 456 g/mol. The highest BCUT2D eigenvalue weighted by atomic mass is 16.7. The zero-order valence-electron chi connectivity index (χ0n) is 20.9. The summed E-state index contributed by atoms with van der Waals surface area (Å²) in [5.74, 6) is 0.275. The van der Waals surface area contributed by atoms with Crippen LogP contribution in [-0.2, 0) is 9.47 Å². The molecule has 1 spiro atoms. The zero-order chi connectivity index (χ0) is 25.4. The monoisotopic (exact) mass is 500 g/mol. The van der Waals surface area contributed by atoms with Crippen molar-refractivity contribution in [1.82, 2.24) is 0 Å². The number of ether oxygens (including phenoxy) is 2. The summed E-state index contributed by atoms with van der Waals surface area (Å²) in [7, 11) is 0. The van der Waals surface area contributed by atoms with Crippen molar-refractivity contribution in [2.24, 2.45) is 34.0 Å². The average Bonchev–Trinajstić information content (AvgIpc) is 3.08. The van der Waals surface area contributed by atoms with E-state index in [9.17, 15) is 35.7 Å². The van der Waals surface area contributed by atoms with Crippen molar-refractivity contribution in [2.75, 3.05) is 19.8 Å². The lowest BCUT2D eigenvalue weighted by atomic mass is 9.41. The van der Waals surface area contributed by atoms with Gasteiger partial charge in [0.2, 0.25) is 0 Å². The fourth-order valence-corrected chi connectivity index (χ4v) is 9.56. The van der Waals surface area contributed by atoms with Crippen LogP contribution >= 0.6 is 0 Å². The van der Waals surface area contributed by atoms with Gasteiger partial charge in [0, 0.05) is 5.92 Å². The van der Waals surface area contributed by atoms with Gasteiger partial charge in [0.05, 0.1) is 31.5 Å². The summed E-state index contributed by atoms with van der Waals surface area (Å²) in [6, 6.07) is 0. The van der Waals surface area contributed by atoms with Gasteiger partial charge in [-0.3, -0.25) is 0 Å². The second-order valence-corrected chi connectivity index (χ2v) is 13.1. The zero-order valence-corrected chi connectivity index (χ0v) is 20.9. The van der Waals surface area contributed by atoms with E-state index >= 15 is 0 Å². The highest BCUT2D eigenvalue weighted by molar-refractivity contribution is 5.18. The standard InChI is InChI=1S/C26H44O9/c1-23(13-34-22-21(32)20(31)19(30)16(10-27)35-22)5-3-6-24(2)17(23)4-7-25-9-14(15(29)8-18(24)25)26(33,11-25)12-28/h14-22,27-33H,3-13H2,1-2H3. The van der Waals surface area contributed by atoms with E-state index in [-0.39, 0.29) is 34.7 Å². The summed E-state index contributed by atoms with van der Waals surface area (Å²) in [5, 5.41) is 72.3. The molecular formula is C26H44O9. The summed E-state index contributed by atoms with van der Waals surface area (Å²) < 4.78 is 11.7. The number of hydrogen-bond acceptors (Lipinski definition) is 9. The molecule has 4 saturated carbocycles. The number of fused-ring (bicyclic) bond motifs is 3. The van der Waals surface area contributed by atoms with Crippen LogP contribution < -0.4 is 0 Å². The predicted molar refractivity (Wildman–Crippen MR) is 124 cm³/mol. The van der Waals surface area contributed by atoms with Crippen LogP contribution in [0, 0.1) is 34.0 Å². The van der Waals surface area contributed by atoms with E-state index in [1.165, 1.54) is 0 Å². The van der Waals surface area contributed by atoms with E-state index in [1.807, 2.05) is 0 Å². The van der Waals surface area contributed by atoms with E-state index in [0.29, 0.717) is 25.4 Å².